The maximum absolute atomic E-state index is 14.8. The predicted molar refractivity (Wildman–Crippen MR) is 122 cm³/mol. The zero-order valence-electron chi connectivity index (χ0n) is 19.8. The minimum absolute atomic E-state index is 0.367. The Balaban J connectivity index is 2.39. The third-order valence-electron chi connectivity index (χ3n) is 5.58. The van der Waals surface area contributed by atoms with Crippen molar-refractivity contribution in [2.75, 3.05) is 0 Å². The van der Waals surface area contributed by atoms with Gasteiger partial charge in [0.15, 0.2) is 0 Å². The first-order chi connectivity index (χ1) is 18.2. The standard InChI is InChI=1S/C24H17F11O3S2/c1-2-15-3-9-18(10-4-15)39(19-11-5-16(25)6-12-19,20-13-7-17(26)8-14-20)38-40(36,37)24(34,35)22(29,30)21(27,28)23(31,32)33/h3-14H,2H2,1H3. The smallest absolute Gasteiger partial charge is 0.207 e. The van der Waals surface area contributed by atoms with E-state index in [0.29, 0.717) is 36.2 Å². The lowest BCUT2D eigenvalue weighted by Crippen LogP contribution is -2.63. The summed E-state index contributed by atoms with van der Waals surface area (Å²) in [6.07, 6.45) is -6.89. The maximum Gasteiger partial charge on any atom is 0.460 e. The van der Waals surface area contributed by atoms with Gasteiger partial charge in [0, 0.05) is 14.7 Å². The molecule has 0 N–H and O–H groups in total. The monoisotopic (exact) mass is 626 g/mol. The van der Waals surface area contributed by atoms with E-state index in [2.05, 4.69) is 3.63 Å². The fourth-order valence-corrected chi connectivity index (χ4v) is 8.57. The molecule has 0 bridgehead atoms. The molecule has 0 aromatic heterocycles. The van der Waals surface area contributed by atoms with Crippen molar-refractivity contribution in [2.24, 2.45) is 0 Å². The summed E-state index contributed by atoms with van der Waals surface area (Å²) in [5.41, 5.74) is 0.583. The second-order valence-corrected chi connectivity index (χ2v) is 12.6. The Morgan fingerprint density at radius 3 is 1.27 bits per heavy atom. The van der Waals surface area contributed by atoms with Gasteiger partial charge in [0.1, 0.15) is 11.6 Å². The van der Waals surface area contributed by atoms with E-state index in [1.165, 1.54) is 12.1 Å². The Labute approximate surface area is 222 Å². The first-order valence-electron chi connectivity index (χ1n) is 10.8. The molecule has 0 spiro atoms. The summed E-state index contributed by atoms with van der Waals surface area (Å²) in [6, 6.07) is 10.9. The number of alkyl halides is 9. The van der Waals surface area contributed by atoms with Crippen molar-refractivity contribution in [1.29, 1.82) is 0 Å². The molecule has 0 aliphatic rings. The van der Waals surface area contributed by atoms with Crippen LogP contribution in [-0.2, 0) is 20.2 Å². The van der Waals surface area contributed by atoms with Gasteiger partial charge in [-0.05, 0) is 83.0 Å². The van der Waals surface area contributed by atoms with Crippen LogP contribution in [0.5, 0.6) is 0 Å². The highest BCUT2D eigenvalue weighted by atomic mass is 32.3. The molecule has 0 heterocycles. The normalized spacial score (nSPS) is 14.3. The summed E-state index contributed by atoms with van der Waals surface area (Å²) in [6.45, 7) is 1.69. The Hall–Kier alpha value is -2.85. The molecule has 0 aliphatic carbocycles. The molecule has 0 amide bonds. The van der Waals surface area contributed by atoms with Gasteiger partial charge in [0.2, 0.25) is 0 Å². The van der Waals surface area contributed by atoms with Crippen LogP contribution in [0.15, 0.2) is 87.5 Å². The van der Waals surface area contributed by atoms with Gasteiger partial charge in [-0.2, -0.15) is 47.9 Å². The summed E-state index contributed by atoms with van der Waals surface area (Å²) in [5, 5.41) is -7.17. The number of halogens is 11. The molecule has 40 heavy (non-hydrogen) atoms. The molecule has 0 fully saturated rings. The minimum atomic E-state index is -7.56. The van der Waals surface area contributed by atoms with Crippen molar-refractivity contribution < 1.29 is 60.3 Å². The number of hydrogen-bond donors (Lipinski definition) is 0. The summed E-state index contributed by atoms with van der Waals surface area (Å²) in [5.74, 6) is -17.0. The minimum Gasteiger partial charge on any atom is -0.207 e. The molecule has 16 heteroatoms. The maximum atomic E-state index is 14.8. The fourth-order valence-electron chi connectivity index (χ4n) is 3.39. The van der Waals surface area contributed by atoms with E-state index in [0.717, 1.165) is 36.4 Å². The van der Waals surface area contributed by atoms with Crippen LogP contribution in [0.3, 0.4) is 0 Å². The lowest BCUT2D eigenvalue weighted by molar-refractivity contribution is -0.382. The van der Waals surface area contributed by atoms with E-state index < -0.39 is 65.1 Å². The van der Waals surface area contributed by atoms with Crippen molar-refractivity contribution >= 4 is 20.4 Å². The first kappa shape index (κ1) is 31.7. The molecule has 3 aromatic carbocycles. The summed E-state index contributed by atoms with van der Waals surface area (Å²) in [4.78, 5) is -1.35. The molecule has 3 aromatic rings. The number of rotatable bonds is 9. The highest BCUT2D eigenvalue weighted by Gasteiger charge is 2.86. The number of aryl methyl sites for hydroxylation is 1. The van der Waals surface area contributed by atoms with Crippen LogP contribution >= 0.6 is 10.3 Å². The highest BCUT2D eigenvalue weighted by Crippen LogP contribution is 2.71. The van der Waals surface area contributed by atoms with Crippen LogP contribution in [0.2, 0.25) is 0 Å². The summed E-state index contributed by atoms with van der Waals surface area (Å²) in [7, 11) is -11.7. The lowest BCUT2D eigenvalue weighted by Gasteiger charge is -2.41. The fraction of sp³-hybridized carbons (Fsp3) is 0.250. The van der Waals surface area contributed by atoms with Gasteiger partial charge in [-0.25, -0.2) is 12.4 Å². The van der Waals surface area contributed by atoms with E-state index in [-0.39, 0.29) is 4.90 Å². The Morgan fingerprint density at radius 1 is 0.600 bits per heavy atom. The van der Waals surface area contributed by atoms with Gasteiger partial charge in [0.05, 0.1) is 0 Å². The average molecular weight is 627 g/mol. The molecule has 0 saturated heterocycles. The molecular formula is C24H17F11O3S2. The molecule has 0 aliphatic heterocycles. The molecule has 220 valence electrons. The van der Waals surface area contributed by atoms with E-state index >= 15 is 0 Å². The quantitative estimate of drug-likeness (QED) is 0.224. The summed E-state index contributed by atoms with van der Waals surface area (Å²) < 4.78 is 181. The molecule has 0 unspecified atom stereocenters. The molecule has 3 rings (SSSR count). The van der Waals surface area contributed by atoms with Gasteiger partial charge in [-0.15, -0.1) is 0 Å². The topological polar surface area (TPSA) is 43.4 Å². The third kappa shape index (κ3) is 5.16. The van der Waals surface area contributed by atoms with Crippen molar-refractivity contribution in [3.05, 3.63) is 90.0 Å². The highest BCUT2D eigenvalue weighted by molar-refractivity contribution is 8.33. The molecule has 0 saturated carbocycles. The molecule has 3 nitrogen and oxygen atoms in total. The van der Waals surface area contributed by atoms with Crippen LogP contribution in [0.25, 0.3) is 0 Å². The Bertz CT molecular complexity index is 1390. The predicted octanol–water partition coefficient (Wildman–Crippen LogP) is 8.50. The largest absolute Gasteiger partial charge is 0.460 e. The SMILES string of the molecule is CCc1ccc(S(OS(=O)(=O)C(F)(F)C(F)(F)C(F)(F)C(F)(F)F)(c2ccc(F)cc2)c2ccc(F)cc2)cc1. The van der Waals surface area contributed by atoms with Crippen LogP contribution in [-0.4, -0.2) is 31.7 Å². The van der Waals surface area contributed by atoms with Crippen LogP contribution in [0.4, 0.5) is 48.3 Å². The average Bonchev–Trinajstić information content (AvgIpc) is 2.87. The van der Waals surface area contributed by atoms with Crippen molar-refractivity contribution in [1.82, 2.24) is 0 Å². The molecule has 0 atom stereocenters. The van der Waals surface area contributed by atoms with Gasteiger partial charge >= 0.3 is 33.4 Å². The van der Waals surface area contributed by atoms with Gasteiger partial charge < -0.3 is 0 Å². The lowest BCUT2D eigenvalue weighted by atomic mass is 10.1. The molecular weight excluding hydrogens is 609 g/mol. The van der Waals surface area contributed by atoms with E-state index in [4.69, 9.17) is 0 Å². The first-order valence-corrected chi connectivity index (χ1v) is 13.8. The van der Waals surface area contributed by atoms with Crippen molar-refractivity contribution in [2.45, 2.75) is 51.3 Å². The van der Waals surface area contributed by atoms with Crippen LogP contribution in [0, 0.1) is 11.6 Å². The van der Waals surface area contributed by atoms with Gasteiger partial charge in [0.25, 0.3) is 0 Å². The Kier molecular flexibility index (Phi) is 8.33. The summed E-state index contributed by atoms with van der Waals surface area (Å²) >= 11 is 0. The third-order valence-corrected chi connectivity index (χ3v) is 10.8. The van der Waals surface area contributed by atoms with E-state index in [9.17, 15) is 56.7 Å². The van der Waals surface area contributed by atoms with Gasteiger partial charge in [-0.1, -0.05) is 19.1 Å². The van der Waals surface area contributed by atoms with Crippen LogP contribution in [0.1, 0.15) is 12.5 Å². The van der Waals surface area contributed by atoms with E-state index in [1.54, 1.807) is 6.92 Å². The van der Waals surface area contributed by atoms with Gasteiger partial charge in [-0.3, -0.25) is 0 Å². The van der Waals surface area contributed by atoms with Crippen molar-refractivity contribution in [3.63, 3.8) is 0 Å². The second kappa shape index (κ2) is 10.5. The van der Waals surface area contributed by atoms with Crippen LogP contribution < -0.4 is 0 Å². The number of hydrogen-bond acceptors (Lipinski definition) is 3. The number of benzene rings is 3. The van der Waals surface area contributed by atoms with E-state index in [1.807, 2.05) is 0 Å². The Morgan fingerprint density at radius 2 is 0.950 bits per heavy atom. The molecule has 0 radical (unpaired) electrons. The zero-order chi connectivity index (χ0) is 30.4. The second-order valence-electron chi connectivity index (χ2n) is 8.15. The zero-order valence-corrected chi connectivity index (χ0v) is 21.5. The van der Waals surface area contributed by atoms with Crippen molar-refractivity contribution in [3.8, 4) is 0 Å².